The van der Waals surface area contributed by atoms with Crippen LogP contribution in [0.25, 0.3) is 10.8 Å². The molecule has 120 valence electrons. The van der Waals surface area contributed by atoms with E-state index in [0.717, 1.165) is 10.8 Å². The fraction of sp³-hybridized carbons (Fsp3) is 0.188. The number of imidazole rings is 1. The van der Waals surface area contributed by atoms with Crippen molar-refractivity contribution in [2.45, 2.75) is 11.1 Å². The molecule has 0 radical (unpaired) electrons. The first-order valence-corrected chi connectivity index (χ1v) is 8.59. The quantitative estimate of drug-likeness (QED) is 0.743. The third-order valence-electron chi connectivity index (χ3n) is 3.61. The Morgan fingerprint density at radius 1 is 1.22 bits per heavy atom. The van der Waals surface area contributed by atoms with Gasteiger partial charge in [0.15, 0.2) is 5.03 Å². The summed E-state index contributed by atoms with van der Waals surface area (Å²) in [7, 11) is -2.05. The van der Waals surface area contributed by atoms with Gasteiger partial charge in [-0.05, 0) is 16.3 Å². The lowest BCUT2D eigenvalue weighted by Gasteiger charge is -2.14. The molecule has 0 bridgehead atoms. The lowest BCUT2D eigenvalue weighted by Crippen LogP contribution is -2.28. The van der Waals surface area contributed by atoms with Crippen molar-refractivity contribution in [3.8, 4) is 0 Å². The number of aliphatic hydroxyl groups excluding tert-OH is 1. The number of aliphatic hydroxyl groups is 1. The Bertz CT molecular complexity index is 929. The lowest BCUT2D eigenvalue weighted by molar-refractivity contribution is 0.183. The Kier molecular flexibility index (Phi) is 4.16. The first-order valence-electron chi connectivity index (χ1n) is 7.11. The van der Waals surface area contributed by atoms with Gasteiger partial charge in [0.05, 0.1) is 12.4 Å². The molecule has 1 aromatic heterocycles. The predicted molar refractivity (Wildman–Crippen MR) is 87.3 cm³/mol. The van der Waals surface area contributed by atoms with Crippen molar-refractivity contribution in [1.29, 1.82) is 0 Å². The van der Waals surface area contributed by atoms with Crippen molar-refractivity contribution >= 4 is 20.8 Å². The van der Waals surface area contributed by atoms with Crippen LogP contribution in [0.2, 0.25) is 0 Å². The van der Waals surface area contributed by atoms with Gasteiger partial charge in [0.1, 0.15) is 0 Å². The summed E-state index contributed by atoms with van der Waals surface area (Å²) in [4.78, 5) is 3.82. The topological polar surface area (TPSA) is 84.2 Å². The number of hydrogen-bond donors (Lipinski definition) is 2. The Hall–Kier alpha value is -2.22. The number of nitrogens with zero attached hydrogens (tertiary/aromatic N) is 2. The van der Waals surface area contributed by atoms with Crippen LogP contribution in [0.4, 0.5) is 0 Å². The highest BCUT2D eigenvalue weighted by molar-refractivity contribution is 7.89. The molecule has 2 aromatic carbocycles. The average molecular weight is 331 g/mol. The van der Waals surface area contributed by atoms with Crippen molar-refractivity contribution in [3.63, 3.8) is 0 Å². The van der Waals surface area contributed by atoms with Crippen LogP contribution in [-0.2, 0) is 17.1 Å². The minimum absolute atomic E-state index is 0.0647. The van der Waals surface area contributed by atoms with E-state index in [-0.39, 0.29) is 11.6 Å². The lowest BCUT2D eigenvalue weighted by atomic mass is 10.0. The highest BCUT2D eigenvalue weighted by Crippen LogP contribution is 2.24. The standard InChI is InChI=1S/C16H17N3O3S/c1-19-10-16(17-11-19)23(21,22)18-9-15(20)14-8-4-6-12-5-2-3-7-13(12)14/h2-8,10-11,15,18,20H,9H2,1H3. The maximum atomic E-state index is 12.1. The summed E-state index contributed by atoms with van der Waals surface area (Å²) in [6, 6.07) is 13.2. The smallest absolute Gasteiger partial charge is 0.259 e. The number of nitrogens with one attached hydrogen (secondary N) is 1. The van der Waals surface area contributed by atoms with E-state index in [9.17, 15) is 13.5 Å². The van der Waals surface area contributed by atoms with Gasteiger partial charge in [0.2, 0.25) is 0 Å². The van der Waals surface area contributed by atoms with E-state index in [1.165, 1.54) is 12.5 Å². The van der Waals surface area contributed by atoms with Gasteiger partial charge in [0, 0.05) is 19.8 Å². The van der Waals surface area contributed by atoms with Crippen LogP contribution in [0, 0.1) is 0 Å². The summed E-state index contributed by atoms with van der Waals surface area (Å²) >= 11 is 0. The Morgan fingerprint density at radius 3 is 2.70 bits per heavy atom. The number of sulfonamides is 1. The van der Waals surface area contributed by atoms with Crippen LogP contribution in [0.5, 0.6) is 0 Å². The second-order valence-electron chi connectivity index (χ2n) is 5.31. The summed E-state index contributed by atoms with van der Waals surface area (Å²) in [5, 5.41) is 12.2. The molecule has 1 unspecified atom stereocenters. The summed E-state index contributed by atoms with van der Waals surface area (Å²) in [5.41, 5.74) is 0.687. The molecule has 1 atom stereocenters. The zero-order valence-electron chi connectivity index (χ0n) is 12.5. The fourth-order valence-corrected chi connectivity index (χ4v) is 3.46. The van der Waals surface area contributed by atoms with Gasteiger partial charge in [-0.3, -0.25) is 0 Å². The molecule has 0 fully saturated rings. The molecule has 7 heteroatoms. The third-order valence-corrected chi connectivity index (χ3v) is 4.91. The van der Waals surface area contributed by atoms with Crippen molar-refractivity contribution in [3.05, 3.63) is 60.6 Å². The van der Waals surface area contributed by atoms with Crippen molar-refractivity contribution < 1.29 is 13.5 Å². The van der Waals surface area contributed by atoms with Crippen molar-refractivity contribution in [1.82, 2.24) is 14.3 Å². The largest absolute Gasteiger partial charge is 0.387 e. The van der Waals surface area contributed by atoms with Gasteiger partial charge in [-0.15, -0.1) is 0 Å². The first-order chi connectivity index (χ1) is 11.0. The fourth-order valence-electron chi connectivity index (χ4n) is 2.44. The Balaban J connectivity index is 1.80. The van der Waals surface area contributed by atoms with E-state index >= 15 is 0 Å². The Labute approximate surface area is 134 Å². The van der Waals surface area contributed by atoms with Crippen LogP contribution in [0.3, 0.4) is 0 Å². The summed E-state index contributed by atoms with van der Waals surface area (Å²) in [5.74, 6) is 0. The molecule has 1 heterocycles. The highest BCUT2D eigenvalue weighted by Gasteiger charge is 2.19. The SMILES string of the molecule is Cn1cnc(S(=O)(=O)NCC(O)c2cccc3ccccc23)c1. The van der Waals surface area contributed by atoms with Crippen LogP contribution in [0.1, 0.15) is 11.7 Å². The molecule has 3 aromatic rings. The second kappa shape index (κ2) is 6.11. The maximum absolute atomic E-state index is 12.1. The van der Waals surface area contributed by atoms with Crippen molar-refractivity contribution in [2.24, 2.45) is 7.05 Å². The van der Waals surface area contributed by atoms with Gasteiger partial charge in [-0.1, -0.05) is 42.5 Å². The van der Waals surface area contributed by atoms with E-state index in [4.69, 9.17) is 0 Å². The molecular formula is C16H17N3O3S. The highest BCUT2D eigenvalue weighted by atomic mass is 32.2. The molecule has 0 saturated carbocycles. The second-order valence-corrected chi connectivity index (χ2v) is 7.03. The van der Waals surface area contributed by atoms with E-state index in [1.54, 1.807) is 17.7 Å². The van der Waals surface area contributed by atoms with Gasteiger partial charge < -0.3 is 9.67 Å². The van der Waals surface area contributed by atoms with E-state index in [2.05, 4.69) is 9.71 Å². The molecule has 2 N–H and O–H groups in total. The van der Waals surface area contributed by atoms with Gasteiger partial charge in [0.25, 0.3) is 10.0 Å². The minimum Gasteiger partial charge on any atom is -0.387 e. The van der Waals surface area contributed by atoms with Crippen molar-refractivity contribution in [2.75, 3.05) is 6.54 Å². The van der Waals surface area contributed by atoms with Gasteiger partial charge in [-0.2, -0.15) is 0 Å². The maximum Gasteiger partial charge on any atom is 0.259 e. The normalized spacial score (nSPS) is 13.3. The molecule has 0 aliphatic rings. The molecule has 0 saturated heterocycles. The number of aryl methyl sites for hydroxylation is 1. The number of hydrogen-bond acceptors (Lipinski definition) is 4. The molecule has 3 rings (SSSR count). The summed E-state index contributed by atoms with van der Waals surface area (Å²) in [6.07, 6.45) is 1.88. The molecule has 0 aliphatic heterocycles. The number of rotatable bonds is 5. The predicted octanol–water partition coefficient (Wildman–Crippen LogP) is 1.59. The molecule has 6 nitrogen and oxygen atoms in total. The summed E-state index contributed by atoms with van der Waals surface area (Å²) < 4.78 is 28.2. The summed E-state index contributed by atoms with van der Waals surface area (Å²) in [6.45, 7) is -0.118. The van der Waals surface area contributed by atoms with E-state index in [1.807, 2.05) is 36.4 Å². The minimum atomic E-state index is -3.74. The molecule has 0 spiro atoms. The van der Waals surface area contributed by atoms with Crippen LogP contribution in [0.15, 0.2) is 60.0 Å². The number of fused-ring (bicyclic) bond motifs is 1. The van der Waals surface area contributed by atoms with Crippen LogP contribution in [-0.4, -0.2) is 29.6 Å². The van der Waals surface area contributed by atoms with Gasteiger partial charge in [-0.25, -0.2) is 18.1 Å². The van der Waals surface area contributed by atoms with Crippen LogP contribution < -0.4 is 4.72 Å². The molecule has 0 aliphatic carbocycles. The van der Waals surface area contributed by atoms with Gasteiger partial charge >= 0.3 is 0 Å². The number of aromatic nitrogens is 2. The first kappa shape index (κ1) is 15.7. The molecule has 0 amide bonds. The Morgan fingerprint density at radius 2 is 1.96 bits per heavy atom. The zero-order valence-corrected chi connectivity index (χ0v) is 13.4. The van der Waals surface area contributed by atoms with Crippen LogP contribution >= 0.6 is 0 Å². The molecular weight excluding hydrogens is 314 g/mol. The van der Waals surface area contributed by atoms with E-state index in [0.29, 0.717) is 5.56 Å². The molecule has 23 heavy (non-hydrogen) atoms. The monoisotopic (exact) mass is 331 g/mol. The van der Waals surface area contributed by atoms with E-state index < -0.39 is 16.1 Å². The number of benzene rings is 2. The average Bonchev–Trinajstić information content (AvgIpc) is 2.99. The zero-order chi connectivity index (χ0) is 16.4. The third kappa shape index (κ3) is 3.26.